The van der Waals surface area contributed by atoms with Crippen molar-refractivity contribution in [2.45, 2.75) is 115 Å². The molecular weight excluding hydrogens is 600 g/mol. The van der Waals surface area contributed by atoms with Crippen LogP contribution < -0.4 is 16.0 Å². The number of imidazole rings is 1. The molecule has 0 unspecified atom stereocenters. The van der Waals surface area contributed by atoms with Crippen LogP contribution >= 0.6 is 0 Å². The van der Waals surface area contributed by atoms with Crippen molar-refractivity contribution in [3.05, 3.63) is 54.1 Å². The van der Waals surface area contributed by atoms with E-state index in [4.69, 9.17) is 4.74 Å². The van der Waals surface area contributed by atoms with Crippen LogP contribution in [0.3, 0.4) is 0 Å². The first-order chi connectivity index (χ1) is 22.4. The van der Waals surface area contributed by atoms with Crippen molar-refractivity contribution < 1.29 is 29.0 Å². The number of alkyl carbamates (subject to hydrolysis) is 1. The Morgan fingerprint density at radius 1 is 0.979 bits per heavy atom. The molecule has 47 heavy (non-hydrogen) atoms. The second-order valence-corrected chi connectivity index (χ2v) is 14.1. The number of piperidine rings is 1. The van der Waals surface area contributed by atoms with Crippen molar-refractivity contribution in [2.24, 2.45) is 11.8 Å². The predicted octanol–water partition coefficient (Wildman–Crippen LogP) is 3.26. The molecule has 4 rings (SSSR count). The molecule has 4 amide bonds. The number of rotatable bonds is 13. The van der Waals surface area contributed by atoms with Crippen LogP contribution in [0.25, 0.3) is 0 Å². The molecule has 0 bridgehead atoms. The van der Waals surface area contributed by atoms with Crippen molar-refractivity contribution in [3.8, 4) is 0 Å². The van der Waals surface area contributed by atoms with Gasteiger partial charge in [-0.1, -0.05) is 62.4 Å². The van der Waals surface area contributed by atoms with E-state index in [1.165, 1.54) is 12.7 Å². The SMILES string of the molecule is CN1CCC[C@@H]([C@H](O)[C@@H](CC2CCCCC2)NC(=O)[C@H](Cc2cnc[nH]2)NC(=O)[C@H](Cc2ccccc2)NC(=O)OC(C)(C)C)C1=O. The summed E-state index contributed by atoms with van der Waals surface area (Å²) >= 11 is 0. The van der Waals surface area contributed by atoms with Crippen LogP contribution in [0.2, 0.25) is 0 Å². The maximum absolute atomic E-state index is 14.1. The van der Waals surface area contributed by atoms with Crippen molar-refractivity contribution in [2.75, 3.05) is 13.6 Å². The topological polar surface area (TPSA) is 166 Å². The Morgan fingerprint density at radius 2 is 1.66 bits per heavy atom. The molecule has 2 fully saturated rings. The number of aromatic nitrogens is 2. The van der Waals surface area contributed by atoms with Gasteiger partial charge < -0.3 is 35.7 Å². The Kier molecular flexibility index (Phi) is 12.8. The number of H-pyrrole nitrogens is 1. The molecule has 0 radical (unpaired) electrons. The molecule has 2 aliphatic rings. The number of nitrogens with one attached hydrogen (secondary N) is 4. The molecule has 1 aromatic carbocycles. The summed E-state index contributed by atoms with van der Waals surface area (Å²) in [5, 5.41) is 20.2. The summed E-state index contributed by atoms with van der Waals surface area (Å²) in [6.07, 6.45) is 8.76. The van der Waals surface area contributed by atoms with Gasteiger partial charge in [0.15, 0.2) is 0 Å². The van der Waals surface area contributed by atoms with E-state index in [9.17, 15) is 24.3 Å². The van der Waals surface area contributed by atoms with Crippen molar-refractivity contribution in [1.82, 2.24) is 30.8 Å². The Morgan fingerprint density at radius 3 is 2.32 bits per heavy atom. The number of likely N-dealkylation sites (tertiary alicyclic amines) is 1. The zero-order valence-corrected chi connectivity index (χ0v) is 28.2. The van der Waals surface area contributed by atoms with E-state index in [0.29, 0.717) is 31.0 Å². The minimum Gasteiger partial charge on any atom is -0.444 e. The number of hydrogen-bond donors (Lipinski definition) is 5. The van der Waals surface area contributed by atoms with Gasteiger partial charge in [0.1, 0.15) is 17.7 Å². The molecule has 1 aromatic heterocycles. The molecule has 12 nitrogen and oxygen atoms in total. The summed E-state index contributed by atoms with van der Waals surface area (Å²) in [6.45, 7) is 5.85. The molecule has 0 spiro atoms. The van der Waals surface area contributed by atoms with Gasteiger partial charge in [-0.25, -0.2) is 9.78 Å². The summed E-state index contributed by atoms with van der Waals surface area (Å²) in [6, 6.07) is 6.49. The number of hydrogen-bond acceptors (Lipinski definition) is 7. The van der Waals surface area contributed by atoms with Crippen LogP contribution in [-0.4, -0.2) is 87.2 Å². The summed E-state index contributed by atoms with van der Waals surface area (Å²) < 4.78 is 5.44. The fourth-order valence-electron chi connectivity index (χ4n) is 6.62. The molecule has 1 saturated carbocycles. The zero-order chi connectivity index (χ0) is 34.0. The van der Waals surface area contributed by atoms with E-state index >= 15 is 0 Å². The minimum absolute atomic E-state index is 0.0966. The van der Waals surface area contributed by atoms with E-state index in [1.807, 2.05) is 30.3 Å². The van der Waals surface area contributed by atoms with E-state index in [2.05, 4.69) is 25.9 Å². The quantitative estimate of drug-likeness (QED) is 0.222. The second-order valence-electron chi connectivity index (χ2n) is 14.1. The van der Waals surface area contributed by atoms with Crippen LogP contribution in [0, 0.1) is 11.8 Å². The number of ether oxygens (including phenoxy) is 1. The third-order valence-corrected chi connectivity index (χ3v) is 9.07. The second kappa shape index (κ2) is 16.8. The number of carbonyl (C=O) groups is 4. The highest BCUT2D eigenvalue weighted by molar-refractivity contribution is 5.92. The third-order valence-electron chi connectivity index (χ3n) is 9.07. The van der Waals surface area contributed by atoms with Crippen molar-refractivity contribution in [3.63, 3.8) is 0 Å². The van der Waals surface area contributed by atoms with Gasteiger partial charge in [-0.2, -0.15) is 0 Å². The average molecular weight is 653 g/mol. The molecule has 12 heteroatoms. The first-order valence-corrected chi connectivity index (χ1v) is 16.9. The first kappa shape index (κ1) is 35.9. The molecular formula is C35H52N6O6. The molecule has 1 aliphatic carbocycles. The molecule has 1 aliphatic heterocycles. The van der Waals surface area contributed by atoms with E-state index in [0.717, 1.165) is 37.7 Å². The summed E-state index contributed by atoms with van der Waals surface area (Å²) in [4.78, 5) is 62.5. The number of aliphatic hydroxyl groups is 1. The largest absolute Gasteiger partial charge is 0.444 e. The van der Waals surface area contributed by atoms with Gasteiger partial charge in [-0.15, -0.1) is 0 Å². The lowest BCUT2D eigenvalue weighted by molar-refractivity contribution is -0.143. The zero-order valence-electron chi connectivity index (χ0n) is 28.2. The summed E-state index contributed by atoms with van der Waals surface area (Å²) in [7, 11) is 1.74. The van der Waals surface area contributed by atoms with Gasteiger partial charge in [0, 0.05) is 38.3 Å². The molecule has 5 N–H and O–H groups in total. The van der Waals surface area contributed by atoms with Crippen LogP contribution in [0.15, 0.2) is 42.9 Å². The van der Waals surface area contributed by atoms with Gasteiger partial charge in [0.25, 0.3) is 0 Å². The highest BCUT2D eigenvalue weighted by Crippen LogP contribution is 2.31. The fourth-order valence-corrected chi connectivity index (χ4v) is 6.62. The third kappa shape index (κ3) is 11.1. The lowest BCUT2D eigenvalue weighted by Gasteiger charge is -2.37. The van der Waals surface area contributed by atoms with Gasteiger partial charge in [-0.3, -0.25) is 14.4 Å². The lowest BCUT2D eigenvalue weighted by atomic mass is 9.80. The van der Waals surface area contributed by atoms with Crippen LogP contribution in [0.4, 0.5) is 4.79 Å². The van der Waals surface area contributed by atoms with Crippen LogP contribution in [-0.2, 0) is 32.0 Å². The van der Waals surface area contributed by atoms with Gasteiger partial charge in [-0.05, 0) is 51.5 Å². The van der Waals surface area contributed by atoms with Crippen LogP contribution in [0.5, 0.6) is 0 Å². The number of carbonyl (C=O) groups excluding carboxylic acids is 4. The van der Waals surface area contributed by atoms with E-state index in [1.54, 1.807) is 38.9 Å². The smallest absolute Gasteiger partial charge is 0.408 e. The lowest BCUT2D eigenvalue weighted by Crippen LogP contribution is -2.59. The fraction of sp³-hybridized carbons (Fsp3) is 0.629. The summed E-state index contributed by atoms with van der Waals surface area (Å²) in [5.41, 5.74) is 0.665. The monoisotopic (exact) mass is 652 g/mol. The highest BCUT2D eigenvalue weighted by atomic mass is 16.6. The van der Waals surface area contributed by atoms with Gasteiger partial charge in [0.2, 0.25) is 17.7 Å². The number of benzene rings is 1. The maximum Gasteiger partial charge on any atom is 0.408 e. The van der Waals surface area contributed by atoms with E-state index in [-0.39, 0.29) is 18.7 Å². The van der Waals surface area contributed by atoms with Crippen molar-refractivity contribution >= 4 is 23.8 Å². The molecule has 258 valence electrons. The minimum atomic E-state index is -1.07. The Balaban J connectivity index is 1.56. The molecule has 2 heterocycles. The Labute approximate surface area is 277 Å². The van der Waals surface area contributed by atoms with Crippen LogP contribution in [0.1, 0.15) is 83.4 Å². The highest BCUT2D eigenvalue weighted by Gasteiger charge is 2.39. The standard InChI is InChI=1S/C35H52N6O6/c1-35(2,3)47-34(46)40-28(19-24-14-9-6-10-15-24)31(43)39-29(20-25-21-36-22-37-25)32(44)38-27(18-23-12-7-5-8-13-23)30(42)26-16-11-17-41(4)33(26)45/h6,9-10,14-15,21-23,26-30,42H,5,7-8,11-13,16-20H2,1-4H3,(H,36,37)(H,38,44)(H,39,43)(H,40,46)/t26-,27+,28-,29-,30-/m0/s1. The Bertz CT molecular complexity index is 1310. The van der Waals surface area contributed by atoms with Gasteiger partial charge >= 0.3 is 6.09 Å². The number of aliphatic hydroxyl groups excluding tert-OH is 1. The maximum atomic E-state index is 14.1. The normalized spacial score (nSPS) is 20.1. The summed E-state index contributed by atoms with van der Waals surface area (Å²) in [5.74, 6) is -1.47. The first-order valence-electron chi connectivity index (χ1n) is 16.9. The molecule has 5 atom stereocenters. The van der Waals surface area contributed by atoms with E-state index < -0.39 is 53.7 Å². The van der Waals surface area contributed by atoms with Gasteiger partial charge in [0.05, 0.1) is 24.4 Å². The number of amides is 4. The average Bonchev–Trinajstić information content (AvgIpc) is 3.54. The number of nitrogens with zero attached hydrogens (tertiary/aromatic N) is 2. The Hall–Kier alpha value is -3.93. The predicted molar refractivity (Wildman–Crippen MR) is 177 cm³/mol. The molecule has 2 aromatic rings. The number of aromatic amines is 1. The molecule has 1 saturated heterocycles. The van der Waals surface area contributed by atoms with Crippen molar-refractivity contribution in [1.29, 1.82) is 0 Å².